The van der Waals surface area contributed by atoms with Gasteiger partial charge < -0.3 is 52.8 Å². The van der Waals surface area contributed by atoms with Gasteiger partial charge in [-0.05, 0) is 37.3 Å². The lowest BCUT2D eigenvalue weighted by molar-refractivity contribution is -0.114. The highest BCUT2D eigenvalue weighted by Crippen LogP contribution is 2.21. The molecule has 0 aliphatic heterocycles. The first kappa shape index (κ1) is 38.9. The van der Waals surface area contributed by atoms with Gasteiger partial charge in [-0.15, -0.1) is 0 Å². The van der Waals surface area contributed by atoms with Crippen molar-refractivity contribution in [1.82, 2.24) is 20.6 Å². The first-order chi connectivity index (χ1) is 22.0. The number of ether oxygens (including phenoxy) is 1. The fraction of sp³-hybridized carbons (Fsp3) is 0.600. The molecule has 0 radical (unpaired) electrons. The highest BCUT2D eigenvalue weighted by molar-refractivity contribution is 6.31. The van der Waals surface area contributed by atoms with Crippen molar-refractivity contribution in [2.75, 3.05) is 37.8 Å². The van der Waals surface area contributed by atoms with E-state index >= 15 is 0 Å². The monoisotopic (exact) mass is 668 g/mol. The van der Waals surface area contributed by atoms with Gasteiger partial charge in [-0.1, -0.05) is 62.4 Å². The third kappa shape index (κ3) is 13.2. The molecule has 258 valence electrons. The molecular formula is C30H49ClN8O7. The van der Waals surface area contributed by atoms with Crippen LogP contribution in [0, 0.1) is 0 Å². The second-order valence-corrected chi connectivity index (χ2v) is 11.3. The smallest absolute Gasteiger partial charge is 0.280 e. The van der Waals surface area contributed by atoms with Crippen molar-refractivity contribution in [2.24, 2.45) is 10.7 Å². The number of hydrogen-bond donors (Lipinski definition) is 10. The quantitative estimate of drug-likeness (QED) is 0.0481. The first-order valence-corrected chi connectivity index (χ1v) is 15.8. The van der Waals surface area contributed by atoms with E-state index in [0.29, 0.717) is 26.0 Å². The Hall–Kier alpha value is -3.31. The van der Waals surface area contributed by atoms with E-state index < -0.39 is 36.9 Å². The number of benzene rings is 1. The van der Waals surface area contributed by atoms with E-state index in [2.05, 4.69) is 32.5 Å². The van der Waals surface area contributed by atoms with Gasteiger partial charge in [0.1, 0.15) is 30.7 Å². The number of aliphatic hydroxyl groups excluding tert-OH is 5. The minimum absolute atomic E-state index is 0.0432. The summed E-state index contributed by atoms with van der Waals surface area (Å²) >= 11 is 5.82. The molecule has 0 aliphatic rings. The fourth-order valence-electron chi connectivity index (χ4n) is 4.53. The Morgan fingerprint density at radius 1 is 1.00 bits per heavy atom. The van der Waals surface area contributed by atoms with Crippen molar-refractivity contribution in [2.45, 2.75) is 88.7 Å². The Bertz CT molecular complexity index is 1240. The van der Waals surface area contributed by atoms with Crippen LogP contribution in [0.25, 0.3) is 0 Å². The number of anilines is 2. The molecule has 0 fully saturated rings. The molecule has 2 aromatic rings. The lowest BCUT2D eigenvalue weighted by Gasteiger charge is -2.27. The van der Waals surface area contributed by atoms with Crippen LogP contribution >= 0.6 is 11.6 Å². The number of hydrogen-bond acceptors (Lipinski definition) is 13. The number of aromatic nitrogens is 2. The Morgan fingerprint density at radius 2 is 1.72 bits per heavy atom. The van der Waals surface area contributed by atoms with Crippen LogP contribution in [0.3, 0.4) is 0 Å². The van der Waals surface area contributed by atoms with Crippen molar-refractivity contribution < 1.29 is 35.1 Å². The maximum absolute atomic E-state index is 12.4. The van der Waals surface area contributed by atoms with Gasteiger partial charge in [0.15, 0.2) is 28.4 Å². The molecule has 0 bridgehead atoms. The molecule has 5 atom stereocenters. The predicted molar refractivity (Wildman–Crippen MR) is 176 cm³/mol. The Kier molecular flexibility index (Phi) is 17.5. The van der Waals surface area contributed by atoms with Crippen LogP contribution in [-0.2, 0) is 6.42 Å². The lowest BCUT2D eigenvalue weighted by Crippen LogP contribution is -2.50. The number of amides is 1. The van der Waals surface area contributed by atoms with Crippen molar-refractivity contribution in [3.05, 3.63) is 40.7 Å². The van der Waals surface area contributed by atoms with Gasteiger partial charge >= 0.3 is 0 Å². The number of para-hydroxylation sites is 1. The van der Waals surface area contributed by atoms with Crippen molar-refractivity contribution in [3.8, 4) is 5.75 Å². The van der Waals surface area contributed by atoms with Gasteiger partial charge in [-0.3, -0.25) is 15.1 Å². The van der Waals surface area contributed by atoms with E-state index in [0.717, 1.165) is 49.8 Å². The van der Waals surface area contributed by atoms with E-state index in [9.17, 15) is 25.2 Å². The number of aliphatic imine (C=N–C) groups is 1. The number of guanidine groups is 1. The number of nitrogens with two attached hydrogens (primary N) is 3. The highest BCUT2D eigenvalue weighted by Gasteiger charge is 2.30. The van der Waals surface area contributed by atoms with E-state index in [-0.39, 0.29) is 41.0 Å². The van der Waals surface area contributed by atoms with Crippen LogP contribution in [-0.4, -0.2) is 104 Å². The van der Waals surface area contributed by atoms with Crippen LogP contribution in [0.1, 0.15) is 67.9 Å². The van der Waals surface area contributed by atoms with E-state index in [1.54, 1.807) is 0 Å². The molecule has 0 saturated heterocycles. The van der Waals surface area contributed by atoms with Gasteiger partial charge in [0.05, 0.1) is 12.7 Å². The molecule has 0 saturated carbocycles. The summed E-state index contributed by atoms with van der Waals surface area (Å²) in [6, 6.07) is 7.53. The summed E-state index contributed by atoms with van der Waals surface area (Å²) in [6.07, 6.45) is 0.865. The summed E-state index contributed by atoms with van der Waals surface area (Å²) in [5, 5.41) is 54.5. The van der Waals surface area contributed by atoms with Crippen LogP contribution < -0.4 is 32.6 Å². The molecule has 5 unspecified atom stereocenters. The molecule has 0 aliphatic carbocycles. The highest BCUT2D eigenvalue weighted by atomic mass is 35.5. The molecule has 16 heteroatoms. The number of aliphatic hydroxyl groups is 5. The SMILES string of the molecule is CCCCCCC(COc1ccccc1CCCCN=C(N)NC(=O)c1nc(Cl)c(N)nc1N)NCC(O)C(O)C(O)C(O)CO. The standard InChI is InChI=1S/C30H49ClN8O7/c1-2-3-4-5-12-19(36-15-20(41)24(43)25(44)21(42)16-40)17-46-22-13-7-6-10-18(22)11-8-9-14-35-30(34)39-29(45)23-27(32)38-28(33)26(31)37-23/h6-7,10,13,19-21,24-25,36,40-44H,2-5,8-9,11-12,14-17H2,1H3,(H4,32,33,38)(H3,34,35,39,45). The minimum atomic E-state index is -1.68. The number of aryl methyl sites for hydroxylation is 1. The zero-order chi connectivity index (χ0) is 34.1. The van der Waals surface area contributed by atoms with Crippen molar-refractivity contribution >= 4 is 35.1 Å². The number of rotatable bonds is 21. The molecule has 1 heterocycles. The van der Waals surface area contributed by atoms with Crippen LogP contribution in [0.4, 0.5) is 11.6 Å². The maximum Gasteiger partial charge on any atom is 0.280 e. The molecule has 15 nitrogen and oxygen atoms in total. The third-order valence-electron chi connectivity index (χ3n) is 7.26. The summed E-state index contributed by atoms with van der Waals surface area (Å²) in [6.45, 7) is 2.02. The topological polar surface area (TPSA) is 268 Å². The number of nitrogen functional groups attached to an aromatic ring is 2. The van der Waals surface area contributed by atoms with E-state index in [1.807, 2.05) is 24.3 Å². The van der Waals surface area contributed by atoms with Gasteiger partial charge in [0, 0.05) is 19.1 Å². The van der Waals surface area contributed by atoms with Crippen LogP contribution in [0.15, 0.2) is 29.3 Å². The Labute approximate surface area is 274 Å². The number of nitrogens with one attached hydrogen (secondary N) is 2. The summed E-state index contributed by atoms with van der Waals surface area (Å²) in [7, 11) is 0. The van der Waals surface area contributed by atoms with E-state index in [1.165, 1.54) is 0 Å². The number of halogens is 1. The number of carbonyl (C=O) groups excluding carboxylic acids is 1. The lowest BCUT2D eigenvalue weighted by atomic mass is 10.0. The zero-order valence-electron chi connectivity index (χ0n) is 26.2. The Morgan fingerprint density at radius 3 is 2.43 bits per heavy atom. The molecule has 46 heavy (non-hydrogen) atoms. The fourth-order valence-corrected chi connectivity index (χ4v) is 4.65. The summed E-state index contributed by atoms with van der Waals surface area (Å²) in [4.78, 5) is 24.2. The predicted octanol–water partition coefficient (Wildman–Crippen LogP) is 0.105. The van der Waals surface area contributed by atoms with E-state index in [4.69, 9.17) is 38.6 Å². The zero-order valence-corrected chi connectivity index (χ0v) is 26.9. The van der Waals surface area contributed by atoms with Gasteiger partial charge in [0.25, 0.3) is 5.91 Å². The Balaban J connectivity index is 1.89. The number of nitrogens with zero attached hydrogens (tertiary/aromatic N) is 3. The van der Waals surface area contributed by atoms with Crippen molar-refractivity contribution in [3.63, 3.8) is 0 Å². The molecule has 1 aromatic heterocycles. The number of unbranched alkanes of at least 4 members (excludes halogenated alkanes) is 4. The molecule has 13 N–H and O–H groups in total. The van der Waals surface area contributed by atoms with Crippen LogP contribution in [0.2, 0.25) is 5.15 Å². The van der Waals surface area contributed by atoms with Crippen LogP contribution in [0.5, 0.6) is 5.75 Å². The van der Waals surface area contributed by atoms with Gasteiger partial charge in [0.2, 0.25) is 0 Å². The van der Waals surface area contributed by atoms with Crippen molar-refractivity contribution in [1.29, 1.82) is 0 Å². The third-order valence-corrected chi connectivity index (χ3v) is 7.54. The molecule has 1 amide bonds. The average molecular weight is 669 g/mol. The largest absolute Gasteiger partial charge is 0.492 e. The molecule has 2 rings (SSSR count). The first-order valence-electron chi connectivity index (χ1n) is 15.4. The molecular weight excluding hydrogens is 620 g/mol. The summed E-state index contributed by atoms with van der Waals surface area (Å²) in [5.41, 5.74) is 17.9. The van der Waals surface area contributed by atoms with Gasteiger partial charge in [-0.25, -0.2) is 9.97 Å². The normalized spacial score (nSPS) is 15.2. The summed E-state index contributed by atoms with van der Waals surface area (Å²) < 4.78 is 6.20. The average Bonchev–Trinajstić information content (AvgIpc) is 3.04. The van der Waals surface area contributed by atoms with Gasteiger partial charge in [-0.2, -0.15) is 0 Å². The minimum Gasteiger partial charge on any atom is -0.492 e. The second-order valence-electron chi connectivity index (χ2n) is 11.0. The summed E-state index contributed by atoms with van der Waals surface area (Å²) in [5.74, 6) is -0.356. The maximum atomic E-state index is 12.4. The number of carbonyl (C=O) groups is 1. The molecule has 1 aromatic carbocycles. The molecule has 0 spiro atoms. The second kappa shape index (κ2) is 20.7.